The number of Topliss-reactive ketones (excluding diaryl/α,β-unsaturated/α-hetero) is 1. The number of benzene rings is 1. The highest BCUT2D eigenvalue weighted by Gasteiger charge is 2.10. The quantitative estimate of drug-likeness (QED) is 0.646. The first-order valence-electron chi connectivity index (χ1n) is 4.05. The van der Waals surface area contributed by atoms with Crippen molar-refractivity contribution in [3.8, 4) is 0 Å². The summed E-state index contributed by atoms with van der Waals surface area (Å²) >= 11 is 0. The van der Waals surface area contributed by atoms with Gasteiger partial charge in [0.05, 0.1) is 0 Å². The third kappa shape index (κ3) is 1.91. The molecule has 0 unspecified atom stereocenters. The van der Waals surface area contributed by atoms with E-state index in [4.69, 9.17) is 0 Å². The molecule has 0 spiro atoms. The summed E-state index contributed by atoms with van der Waals surface area (Å²) in [5.41, 5.74) is 0.0516. The minimum atomic E-state index is -0.670. The van der Waals surface area contributed by atoms with Crippen molar-refractivity contribution in [1.29, 1.82) is 0 Å². The maximum atomic E-state index is 12.9. The molecule has 0 saturated heterocycles. The molecule has 0 bridgehead atoms. The highest BCUT2D eigenvalue weighted by Crippen LogP contribution is 2.15. The Labute approximate surface area is 75.4 Å². The van der Waals surface area contributed by atoms with Gasteiger partial charge < -0.3 is 0 Å². The van der Waals surface area contributed by atoms with Crippen molar-refractivity contribution in [3.05, 3.63) is 34.9 Å². The van der Waals surface area contributed by atoms with Crippen LogP contribution in [0.5, 0.6) is 0 Å². The van der Waals surface area contributed by atoms with E-state index >= 15 is 0 Å². The van der Waals surface area contributed by atoms with Crippen LogP contribution >= 0.6 is 0 Å². The fraction of sp³-hybridized carbons (Fsp3) is 0.300. The molecule has 1 aromatic carbocycles. The lowest BCUT2D eigenvalue weighted by molar-refractivity contribution is 0.0987. The van der Waals surface area contributed by atoms with Crippen LogP contribution in [0, 0.1) is 18.6 Å². The summed E-state index contributed by atoms with van der Waals surface area (Å²) in [4.78, 5) is 11.1. The number of hydrogen-bond donors (Lipinski definition) is 0. The second kappa shape index (κ2) is 3.64. The summed E-state index contributed by atoms with van der Waals surface area (Å²) in [6.45, 7) is 2.99. The van der Waals surface area contributed by atoms with E-state index in [1.54, 1.807) is 6.92 Å². The molecule has 0 aliphatic carbocycles. The Balaban J connectivity index is 3.20. The predicted molar refractivity (Wildman–Crippen MR) is 45.7 cm³/mol. The van der Waals surface area contributed by atoms with Crippen LogP contribution in [0.4, 0.5) is 8.78 Å². The Hall–Kier alpha value is -1.25. The smallest absolute Gasteiger partial charge is 0.162 e. The van der Waals surface area contributed by atoms with E-state index < -0.39 is 11.6 Å². The molecule has 0 heterocycles. The fourth-order valence-corrected chi connectivity index (χ4v) is 1.01. The Morgan fingerprint density at radius 2 is 1.77 bits per heavy atom. The van der Waals surface area contributed by atoms with Crippen molar-refractivity contribution in [2.45, 2.75) is 20.3 Å². The Bertz CT molecular complexity index is 322. The number of hydrogen-bond acceptors (Lipinski definition) is 1. The first kappa shape index (κ1) is 9.84. The molecule has 0 aliphatic heterocycles. The van der Waals surface area contributed by atoms with Crippen molar-refractivity contribution < 1.29 is 13.6 Å². The van der Waals surface area contributed by atoms with Gasteiger partial charge in [-0.25, -0.2) is 8.78 Å². The average Bonchev–Trinajstić information content (AvgIpc) is 2.12. The van der Waals surface area contributed by atoms with Gasteiger partial charge in [-0.05, 0) is 19.1 Å². The molecule has 0 amide bonds. The third-order valence-corrected chi connectivity index (χ3v) is 1.92. The van der Waals surface area contributed by atoms with Crippen LogP contribution in [0.1, 0.15) is 29.3 Å². The third-order valence-electron chi connectivity index (χ3n) is 1.92. The molecule has 0 aliphatic rings. The van der Waals surface area contributed by atoms with Gasteiger partial charge in [-0.1, -0.05) is 6.92 Å². The van der Waals surface area contributed by atoms with Crippen molar-refractivity contribution in [3.63, 3.8) is 0 Å². The van der Waals surface area contributed by atoms with E-state index in [-0.39, 0.29) is 23.3 Å². The van der Waals surface area contributed by atoms with Crippen LogP contribution in [-0.4, -0.2) is 5.78 Å². The predicted octanol–water partition coefficient (Wildman–Crippen LogP) is 2.87. The number of halogens is 2. The summed E-state index contributed by atoms with van der Waals surface area (Å²) in [6.07, 6.45) is 0.252. The molecule has 0 saturated carbocycles. The lowest BCUT2D eigenvalue weighted by Gasteiger charge is -2.02. The molecule has 0 radical (unpaired) electrons. The minimum Gasteiger partial charge on any atom is -0.294 e. The number of carbonyl (C=O) groups excluding carboxylic acids is 1. The van der Waals surface area contributed by atoms with Crippen LogP contribution in [0.2, 0.25) is 0 Å². The maximum absolute atomic E-state index is 12.9. The molecule has 0 N–H and O–H groups in total. The Kier molecular flexibility index (Phi) is 2.76. The van der Waals surface area contributed by atoms with E-state index in [0.717, 1.165) is 12.1 Å². The first-order chi connectivity index (χ1) is 6.06. The molecular formula is C10H10F2O. The van der Waals surface area contributed by atoms with Crippen molar-refractivity contribution >= 4 is 5.78 Å². The normalized spacial score (nSPS) is 10.2. The first-order valence-corrected chi connectivity index (χ1v) is 4.05. The van der Waals surface area contributed by atoms with Gasteiger partial charge in [0.15, 0.2) is 5.78 Å². The molecular weight excluding hydrogens is 174 g/mol. The molecule has 1 rings (SSSR count). The summed E-state index contributed by atoms with van der Waals surface area (Å²) < 4.78 is 25.9. The van der Waals surface area contributed by atoms with Gasteiger partial charge in [0.1, 0.15) is 11.6 Å². The largest absolute Gasteiger partial charge is 0.294 e. The summed E-state index contributed by atoms with van der Waals surface area (Å²) in [5, 5.41) is 0. The second-order valence-corrected chi connectivity index (χ2v) is 2.84. The van der Waals surface area contributed by atoms with E-state index in [0.29, 0.717) is 0 Å². The van der Waals surface area contributed by atoms with Gasteiger partial charge in [0.25, 0.3) is 0 Å². The molecule has 3 heteroatoms. The molecule has 0 atom stereocenters. The highest BCUT2D eigenvalue weighted by atomic mass is 19.1. The zero-order valence-electron chi connectivity index (χ0n) is 7.53. The lowest BCUT2D eigenvalue weighted by Crippen LogP contribution is -2.00. The Morgan fingerprint density at radius 1 is 1.31 bits per heavy atom. The van der Waals surface area contributed by atoms with Crippen LogP contribution in [0.25, 0.3) is 0 Å². The van der Waals surface area contributed by atoms with Gasteiger partial charge in [0.2, 0.25) is 0 Å². The maximum Gasteiger partial charge on any atom is 0.162 e. The van der Waals surface area contributed by atoms with Gasteiger partial charge >= 0.3 is 0 Å². The lowest BCUT2D eigenvalue weighted by atomic mass is 10.1. The standard InChI is InChI=1S/C10H10F2O/c1-3-10(13)7-4-8(11)6(2)9(12)5-7/h4-5H,3H2,1-2H3. The zero-order valence-corrected chi connectivity index (χ0v) is 7.53. The summed E-state index contributed by atoms with van der Waals surface area (Å²) in [6, 6.07) is 2.15. The summed E-state index contributed by atoms with van der Waals surface area (Å²) in [7, 11) is 0. The van der Waals surface area contributed by atoms with E-state index in [2.05, 4.69) is 0 Å². The number of ketones is 1. The monoisotopic (exact) mass is 184 g/mol. The van der Waals surface area contributed by atoms with Gasteiger partial charge in [-0.2, -0.15) is 0 Å². The SMILES string of the molecule is CCC(=O)c1cc(F)c(C)c(F)c1. The fourth-order valence-electron chi connectivity index (χ4n) is 1.01. The molecule has 0 aromatic heterocycles. The molecule has 1 aromatic rings. The average molecular weight is 184 g/mol. The van der Waals surface area contributed by atoms with E-state index in [9.17, 15) is 13.6 Å². The van der Waals surface area contributed by atoms with Crippen molar-refractivity contribution in [2.24, 2.45) is 0 Å². The van der Waals surface area contributed by atoms with Crippen LogP contribution in [0.15, 0.2) is 12.1 Å². The molecule has 13 heavy (non-hydrogen) atoms. The second-order valence-electron chi connectivity index (χ2n) is 2.84. The summed E-state index contributed by atoms with van der Waals surface area (Å²) in [5.74, 6) is -1.59. The van der Waals surface area contributed by atoms with Gasteiger partial charge in [0, 0.05) is 17.5 Å². The van der Waals surface area contributed by atoms with Crippen molar-refractivity contribution in [2.75, 3.05) is 0 Å². The van der Waals surface area contributed by atoms with Crippen LogP contribution < -0.4 is 0 Å². The van der Waals surface area contributed by atoms with Crippen LogP contribution in [-0.2, 0) is 0 Å². The van der Waals surface area contributed by atoms with E-state index in [1.807, 2.05) is 0 Å². The molecule has 70 valence electrons. The molecule has 1 nitrogen and oxygen atoms in total. The number of rotatable bonds is 2. The van der Waals surface area contributed by atoms with Crippen LogP contribution in [0.3, 0.4) is 0 Å². The minimum absolute atomic E-state index is 0.0485. The zero-order chi connectivity index (χ0) is 10.0. The molecule has 0 fully saturated rings. The van der Waals surface area contributed by atoms with E-state index in [1.165, 1.54) is 6.92 Å². The van der Waals surface area contributed by atoms with Crippen molar-refractivity contribution in [1.82, 2.24) is 0 Å². The van der Waals surface area contributed by atoms with Gasteiger partial charge in [-0.15, -0.1) is 0 Å². The van der Waals surface area contributed by atoms with Gasteiger partial charge in [-0.3, -0.25) is 4.79 Å². The Morgan fingerprint density at radius 3 is 2.15 bits per heavy atom. The topological polar surface area (TPSA) is 17.1 Å². The number of carbonyl (C=O) groups is 1. The highest BCUT2D eigenvalue weighted by molar-refractivity contribution is 5.95.